The van der Waals surface area contributed by atoms with Gasteiger partial charge in [0.05, 0.1) is 5.54 Å². The van der Waals surface area contributed by atoms with E-state index in [4.69, 9.17) is 10.5 Å². The third kappa shape index (κ3) is 2.50. The summed E-state index contributed by atoms with van der Waals surface area (Å²) < 4.78 is 7.51. The first-order valence-corrected chi connectivity index (χ1v) is 5.59. The van der Waals surface area contributed by atoms with Crippen molar-refractivity contribution in [1.82, 2.24) is 9.55 Å². The van der Waals surface area contributed by atoms with E-state index in [9.17, 15) is 0 Å². The van der Waals surface area contributed by atoms with E-state index in [-0.39, 0.29) is 5.54 Å². The minimum Gasteiger partial charge on any atom is -0.463 e. The average molecular weight is 209 g/mol. The van der Waals surface area contributed by atoms with E-state index in [1.807, 2.05) is 17.8 Å². The number of ether oxygens (including phenoxy) is 1. The van der Waals surface area contributed by atoms with E-state index >= 15 is 0 Å². The zero-order valence-corrected chi connectivity index (χ0v) is 9.28. The van der Waals surface area contributed by atoms with Crippen LogP contribution in [-0.4, -0.2) is 21.7 Å². The lowest BCUT2D eigenvalue weighted by atomic mass is 9.83. The van der Waals surface area contributed by atoms with Crippen LogP contribution in [0.5, 0.6) is 6.01 Å². The predicted molar refractivity (Wildman–Crippen MR) is 58.7 cm³/mol. The van der Waals surface area contributed by atoms with Gasteiger partial charge in [0.15, 0.2) is 0 Å². The molecule has 1 heterocycles. The Labute approximate surface area is 90.4 Å². The van der Waals surface area contributed by atoms with Crippen molar-refractivity contribution in [3.05, 3.63) is 12.4 Å². The fraction of sp³-hybridized carbons (Fsp3) is 0.727. The second-order valence-electron chi connectivity index (χ2n) is 4.53. The van der Waals surface area contributed by atoms with Gasteiger partial charge in [-0.1, -0.05) is 19.3 Å². The summed E-state index contributed by atoms with van der Waals surface area (Å²) in [6, 6.07) is 0.658. The largest absolute Gasteiger partial charge is 0.463 e. The molecule has 2 rings (SSSR count). The molecule has 0 bridgehead atoms. The van der Waals surface area contributed by atoms with Crippen LogP contribution in [0.1, 0.15) is 32.1 Å². The molecule has 1 aliphatic rings. The Hall–Kier alpha value is -1.03. The molecule has 4 nitrogen and oxygen atoms in total. The number of hydrogen-bond acceptors (Lipinski definition) is 3. The van der Waals surface area contributed by atoms with Gasteiger partial charge in [-0.2, -0.15) is 0 Å². The number of nitrogens with two attached hydrogens (primary N) is 1. The first-order valence-electron chi connectivity index (χ1n) is 5.59. The zero-order valence-electron chi connectivity index (χ0n) is 9.28. The van der Waals surface area contributed by atoms with Crippen LogP contribution in [0.3, 0.4) is 0 Å². The molecule has 0 saturated heterocycles. The van der Waals surface area contributed by atoms with Crippen LogP contribution in [-0.2, 0) is 7.05 Å². The van der Waals surface area contributed by atoms with Crippen molar-refractivity contribution in [3.8, 4) is 6.01 Å². The Morgan fingerprint density at radius 2 is 2.20 bits per heavy atom. The molecule has 0 aliphatic heterocycles. The normalized spacial score (nSPS) is 20.1. The fourth-order valence-electron chi connectivity index (χ4n) is 2.10. The van der Waals surface area contributed by atoms with Crippen molar-refractivity contribution in [2.45, 2.75) is 37.6 Å². The predicted octanol–water partition coefficient (Wildman–Crippen LogP) is 1.46. The lowest BCUT2D eigenvalue weighted by molar-refractivity contribution is 0.160. The monoisotopic (exact) mass is 209 g/mol. The summed E-state index contributed by atoms with van der Waals surface area (Å²) in [5, 5.41) is 0. The third-order valence-corrected chi connectivity index (χ3v) is 3.12. The third-order valence-electron chi connectivity index (χ3n) is 3.12. The molecule has 1 saturated carbocycles. The first-order chi connectivity index (χ1) is 7.20. The standard InChI is InChI=1S/C11H19N3O/c1-14-8-7-13-10(14)15-9-11(12)5-3-2-4-6-11/h7-8H,2-6,9,12H2,1H3. The van der Waals surface area contributed by atoms with Crippen molar-refractivity contribution in [2.75, 3.05) is 6.61 Å². The molecular weight excluding hydrogens is 190 g/mol. The lowest BCUT2D eigenvalue weighted by Crippen LogP contribution is -2.47. The van der Waals surface area contributed by atoms with Crippen molar-refractivity contribution >= 4 is 0 Å². The summed E-state index contributed by atoms with van der Waals surface area (Å²) >= 11 is 0. The Balaban J connectivity index is 1.89. The maximum atomic E-state index is 6.26. The molecule has 84 valence electrons. The zero-order chi connectivity index (χ0) is 10.7. The average Bonchev–Trinajstić information content (AvgIpc) is 2.62. The summed E-state index contributed by atoms with van der Waals surface area (Å²) in [5.41, 5.74) is 6.13. The highest BCUT2D eigenvalue weighted by molar-refractivity contribution is 4.99. The summed E-state index contributed by atoms with van der Waals surface area (Å²) in [6.45, 7) is 0.581. The number of aromatic nitrogens is 2. The molecule has 2 N–H and O–H groups in total. The molecule has 15 heavy (non-hydrogen) atoms. The van der Waals surface area contributed by atoms with Crippen LogP contribution >= 0.6 is 0 Å². The van der Waals surface area contributed by atoms with Crippen molar-refractivity contribution in [2.24, 2.45) is 12.8 Å². The smallest absolute Gasteiger partial charge is 0.296 e. The van der Waals surface area contributed by atoms with Crippen LogP contribution in [0.4, 0.5) is 0 Å². The highest BCUT2D eigenvalue weighted by Crippen LogP contribution is 2.26. The molecule has 0 radical (unpaired) electrons. The van der Waals surface area contributed by atoms with Crippen molar-refractivity contribution in [3.63, 3.8) is 0 Å². The van der Waals surface area contributed by atoms with Gasteiger partial charge in [0.1, 0.15) is 6.61 Å². The van der Waals surface area contributed by atoms with E-state index in [0.29, 0.717) is 12.6 Å². The topological polar surface area (TPSA) is 53.1 Å². The minimum absolute atomic E-state index is 0.135. The van der Waals surface area contributed by atoms with Crippen LogP contribution < -0.4 is 10.5 Å². The quantitative estimate of drug-likeness (QED) is 0.820. The molecule has 0 spiro atoms. The lowest BCUT2D eigenvalue weighted by Gasteiger charge is -2.32. The van der Waals surface area contributed by atoms with Gasteiger partial charge >= 0.3 is 0 Å². The van der Waals surface area contributed by atoms with Crippen LogP contribution in [0.2, 0.25) is 0 Å². The van der Waals surface area contributed by atoms with E-state index in [0.717, 1.165) is 12.8 Å². The molecule has 1 fully saturated rings. The highest BCUT2D eigenvalue weighted by Gasteiger charge is 2.28. The summed E-state index contributed by atoms with van der Waals surface area (Å²) in [5.74, 6) is 0. The number of nitrogens with zero attached hydrogens (tertiary/aromatic N) is 2. The summed E-state index contributed by atoms with van der Waals surface area (Å²) in [7, 11) is 1.92. The fourth-order valence-corrected chi connectivity index (χ4v) is 2.10. The maximum absolute atomic E-state index is 6.26. The van der Waals surface area contributed by atoms with Crippen molar-refractivity contribution in [1.29, 1.82) is 0 Å². The molecule has 0 aromatic carbocycles. The Bertz CT molecular complexity index is 315. The SMILES string of the molecule is Cn1ccnc1OCC1(N)CCCCC1. The molecule has 1 aromatic heterocycles. The van der Waals surface area contributed by atoms with E-state index in [1.165, 1.54) is 19.3 Å². The Kier molecular flexibility index (Phi) is 2.95. The van der Waals surface area contributed by atoms with Crippen LogP contribution in [0.15, 0.2) is 12.4 Å². The van der Waals surface area contributed by atoms with E-state index < -0.39 is 0 Å². The molecule has 4 heteroatoms. The van der Waals surface area contributed by atoms with Gasteiger partial charge in [0.2, 0.25) is 0 Å². The van der Waals surface area contributed by atoms with Gasteiger partial charge in [0.25, 0.3) is 6.01 Å². The minimum atomic E-state index is -0.135. The second kappa shape index (κ2) is 4.23. The molecule has 0 unspecified atom stereocenters. The highest BCUT2D eigenvalue weighted by atomic mass is 16.5. The number of aryl methyl sites for hydroxylation is 1. The summed E-state index contributed by atoms with van der Waals surface area (Å²) in [6.07, 6.45) is 9.50. The Morgan fingerprint density at radius 1 is 1.47 bits per heavy atom. The molecule has 1 aromatic rings. The molecule has 0 amide bonds. The van der Waals surface area contributed by atoms with Gasteiger partial charge in [-0.3, -0.25) is 0 Å². The van der Waals surface area contributed by atoms with Gasteiger partial charge in [0, 0.05) is 19.4 Å². The summed E-state index contributed by atoms with van der Waals surface area (Å²) in [4.78, 5) is 4.12. The second-order valence-corrected chi connectivity index (χ2v) is 4.53. The Morgan fingerprint density at radius 3 is 2.80 bits per heavy atom. The maximum Gasteiger partial charge on any atom is 0.296 e. The number of imidazole rings is 1. The number of rotatable bonds is 3. The van der Waals surface area contributed by atoms with Crippen LogP contribution in [0.25, 0.3) is 0 Å². The molecular formula is C11H19N3O. The molecule has 1 aliphatic carbocycles. The van der Waals surface area contributed by atoms with Gasteiger partial charge in [-0.25, -0.2) is 4.98 Å². The number of hydrogen-bond donors (Lipinski definition) is 1. The first kappa shape index (κ1) is 10.5. The van der Waals surface area contributed by atoms with Gasteiger partial charge in [-0.05, 0) is 12.8 Å². The van der Waals surface area contributed by atoms with Gasteiger partial charge < -0.3 is 15.0 Å². The van der Waals surface area contributed by atoms with E-state index in [1.54, 1.807) is 6.20 Å². The van der Waals surface area contributed by atoms with Crippen LogP contribution in [0, 0.1) is 0 Å². The van der Waals surface area contributed by atoms with E-state index in [2.05, 4.69) is 4.98 Å². The van der Waals surface area contributed by atoms with Gasteiger partial charge in [-0.15, -0.1) is 0 Å². The molecule has 0 atom stereocenters. The van der Waals surface area contributed by atoms with Crippen molar-refractivity contribution < 1.29 is 4.74 Å².